The number of rotatable bonds is 8. The van der Waals surface area contributed by atoms with E-state index in [2.05, 4.69) is 10.6 Å². The lowest BCUT2D eigenvalue weighted by molar-refractivity contribution is -0.140. The Hall–Kier alpha value is -2.95. The van der Waals surface area contributed by atoms with Gasteiger partial charge in [0.1, 0.15) is 12.0 Å². The van der Waals surface area contributed by atoms with Crippen molar-refractivity contribution in [2.75, 3.05) is 33.4 Å². The Balaban J connectivity index is 1.58. The van der Waals surface area contributed by atoms with Gasteiger partial charge in [-0.2, -0.15) is 4.31 Å². The Morgan fingerprint density at radius 3 is 2.55 bits per heavy atom. The van der Waals surface area contributed by atoms with E-state index in [-0.39, 0.29) is 18.0 Å². The SMILES string of the molecule is COc1ccc(S(=O)(=O)N2CCCO[C@H]2CNC(=O)C(=O)NCCc2ccccc2)cc1C. The van der Waals surface area contributed by atoms with Crippen LogP contribution in [0.15, 0.2) is 53.4 Å². The smallest absolute Gasteiger partial charge is 0.309 e. The normalized spacial score (nSPS) is 16.7. The van der Waals surface area contributed by atoms with Crippen molar-refractivity contribution in [3.63, 3.8) is 0 Å². The molecule has 1 atom stereocenters. The molecule has 1 heterocycles. The summed E-state index contributed by atoms with van der Waals surface area (Å²) < 4.78 is 38.5. The number of aryl methyl sites for hydroxylation is 1. The van der Waals surface area contributed by atoms with E-state index in [0.29, 0.717) is 37.3 Å². The van der Waals surface area contributed by atoms with Gasteiger partial charge in [0.2, 0.25) is 10.0 Å². The molecule has 0 saturated carbocycles. The summed E-state index contributed by atoms with van der Waals surface area (Å²) in [5.74, 6) is -1.03. The number of hydrogen-bond donors (Lipinski definition) is 2. The summed E-state index contributed by atoms with van der Waals surface area (Å²) in [4.78, 5) is 24.4. The predicted octanol–water partition coefficient (Wildman–Crippen LogP) is 1.22. The van der Waals surface area contributed by atoms with Gasteiger partial charge in [-0.1, -0.05) is 30.3 Å². The fraction of sp³-hybridized carbons (Fsp3) is 0.391. The molecule has 0 radical (unpaired) electrons. The standard InChI is InChI=1S/C23H29N3O6S/c1-17-15-19(9-10-20(17)31-2)33(29,30)26-13-6-14-32-21(26)16-25-23(28)22(27)24-12-11-18-7-4-3-5-8-18/h3-5,7-10,15,21H,6,11-14,16H2,1-2H3,(H,24,27)(H,25,28)/t21-/m0/s1. The minimum absolute atomic E-state index is 0.112. The number of amides is 2. The zero-order valence-electron chi connectivity index (χ0n) is 18.7. The molecule has 2 amide bonds. The largest absolute Gasteiger partial charge is 0.496 e. The molecule has 0 aromatic heterocycles. The van der Waals surface area contributed by atoms with Crippen molar-refractivity contribution >= 4 is 21.8 Å². The van der Waals surface area contributed by atoms with Gasteiger partial charge in [0.05, 0.1) is 25.2 Å². The van der Waals surface area contributed by atoms with Crippen molar-refractivity contribution in [3.05, 3.63) is 59.7 Å². The molecule has 1 aliphatic heterocycles. The molecule has 0 unspecified atom stereocenters. The highest BCUT2D eigenvalue weighted by Gasteiger charge is 2.35. The average molecular weight is 476 g/mol. The monoisotopic (exact) mass is 475 g/mol. The number of hydrogen-bond acceptors (Lipinski definition) is 6. The van der Waals surface area contributed by atoms with Gasteiger partial charge in [0.25, 0.3) is 0 Å². The van der Waals surface area contributed by atoms with Crippen molar-refractivity contribution in [1.82, 2.24) is 14.9 Å². The lowest BCUT2D eigenvalue weighted by atomic mass is 10.1. The summed E-state index contributed by atoms with van der Waals surface area (Å²) in [7, 11) is -2.35. The van der Waals surface area contributed by atoms with Crippen LogP contribution in [0.2, 0.25) is 0 Å². The predicted molar refractivity (Wildman–Crippen MR) is 122 cm³/mol. The van der Waals surface area contributed by atoms with Crippen LogP contribution in [0.3, 0.4) is 0 Å². The second-order valence-electron chi connectivity index (χ2n) is 7.63. The molecule has 0 spiro atoms. The van der Waals surface area contributed by atoms with Crippen LogP contribution in [0.5, 0.6) is 5.75 Å². The third-order valence-electron chi connectivity index (χ3n) is 5.31. The van der Waals surface area contributed by atoms with Crippen LogP contribution in [0, 0.1) is 6.92 Å². The van der Waals surface area contributed by atoms with Crippen LogP contribution in [-0.4, -0.2) is 64.1 Å². The van der Waals surface area contributed by atoms with E-state index < -0.39 is 28.1 Å². The van der Waals surface area contributed by atoms with Gasteiger partial charge in [-0.25, -0.2) is 8.42 Å². The first-order chi connectivity index (χ1) is 15.8. The highest BCUT2D eigenvalue weighted by Crippen LogP contribution is 2.26. The number of nitrogens with zero attached hydrogens (tertiary/aromatic N) is 1. The van der Waals surface area contributed by atoms with Crippen LogP contribution in [0.1, 0.15) is 17.5 Å². The van der Waals surface area contributed by atoms with Crippen LogP contribution in [0.4, 0.5) is 0 Å². The number of benzene rings is 2. The van der Waals surface area contributed by atoms with Gasteiger partial charge in [-0.05, 0) is 49.1 Å². The summed E-state index contributed by atoms with van der Waals surface area (Å²) in [6, 6.07) is 14.2. The average Bonchev–Trinajstić information content (AvgIpc) is 2.83. The van der Waals surface area contributed by atoms with Crippen LogP contribution >= 0.6 is 0 Å². The Kier molecular flexibility index (Phi) is 8.43. The van der Waals surface area contributed by atoms with Gasteiger partial charge in [0.15, 0.2) is 0 Å². The third-order valence-corrected chi connectivity index (χ3v) is 7.20. The molecule has 9 nitrogen and oxygen atoms in total. The minimum atomic E-state index is -3.87. The lowest BCUT2D eigenvalue weighted by Crippen LogP contribution is -2.53. The van der Waals surface area contributed by atoms with Gasteiger partial charge >= 0.3 is 11.8 Å². The Bertz CT molecular complexity index is 1070. The number of sulfonamides is 1. The molecule has 3 rings (SSSR count). The number of ether oxygens (including phenoxy) is 2. The molecular formula is C23H29N3O6S. The van der Waals surface area contributed by atoms with Crippen molar-refractivity contribution in [1.29, 1.82) is 0 Å². The van der Waals surface area contributed by atoms with Crippen molar-refractivity contribution in [2.24, 2.45) is 0 Å². The summed E-state index contributed by atoms with van der Waals surface area (Å²) in [5.41, 5.74) is 1.73. The minimum Gasteiger partial charge on any atom is -0.496 e. The summed E-state index contributed by atoms with van der Waals surface area (Å²) in [6.45, 7) is 2.54. The van der Waals surface area contributed by atoms with Gasteiger partial charge in [-0.15, -0.1) is 0 Å². The van der Waals surface area contributed by atoms with Crippen LogP contribution < -0.4 is 15.4 Å². The number of carbonyl (C=O) groups excluding carboxylic acids is 2. The Morgan fingerprint density at radius 2 is 1.85 bits per heavy atom. The number of nitrogens with one attached hydrogen (secondary N) is 2. The first-order valence-corrected chi connectivity index (χ1v) is 12.1. The second-order valence-corrected chi connectivity index (χ2v) is 9.52. The van der Waals surface area contributed by atoms with E-state index in [0.717, 1.165) is 5.56 Å². The number of methoxy groups -OCH3 is 1. The molecular weight excluding hydrogens is 446 g/mol. The second kappa shape index (κ2) is 11.3. The number of carbonyl (C=O) groups is 2. The van der Waals surface area contributed by atoms with Crippen molar-refractivity contribution in [3.8, 4) is 5.75 Å². The molecule has 2 N–H and O–H groups in total. The van der Waals surface area contributed by atoms with Crippen LogP contribution in [0.25, 0.3) is 0 Å². The first kappa shape index (κ1) is 24.7. The molecule has 178 valence electrons. The van der Waals surface area contributed by atoms with Crippen LogP contribution in [-0.2, 0) is 30.8 Å². The molecule has 1 fully saturated rings. The molecule has 0 bridgehead atoms. The molecule has 10 heteroatoms. The molecule has 2 aromatic carbocycles. The maximum Gasteiger partial charge on any atom is 0.309 e. The van der Waals surface area contributed by atoms with E-state index in [9.17, 15) is 18.0 Å². The maximum absolute atomic E-state index is 13.2. The highest BCUT2D eigenvalue weighted by atomic mass is 32.2. The quantitative estimate of drug-likeness (QED) is 0.555. The maximum atomic E-state index is 13.2. The fourth-order valence-electron chi connectivity index (χ4n) is 3.55. The van der Waals surface area contributed by atoms with Crippen molar-refractivity contribution in [2.45, 2.75) is 30.9 Å². The molecule has 1 saturated heterocycles. The molecule has 0 aliphatic carbocycles. The van der Waals surface area contributed by atoms with Gasteiger partial charge < -0.3 is 20.1 Å². The van der Waals surface area contributed by atoms with Gasteiger partial charge in [0, 0.05) is 13.1 Å². The zero-order valence-corrected chi connectivity index (χ0v) is 19.6. The van der Waals surface area contributed by atoms with E-state index in [1.54, 1.807) is 19.1 Å². The van der Waals surface area contributed by atoms with E-state index in [1.807, 2.05) is 30.3 Å². The molecule has 33 heavy (non-hydrogen) atoms. The zero-order chi connectivity index (χ0) is 23.8. The summed E-state index contributed by atoms with van der Waals surface area (Å²) in [6.07, 6.45) is 0.213. The van der Waals surface area contributed by atoms with E-state index in [1.165, 1.54) is 17.5 Å². The fourth-order valence-corrected chi connectivity index (χ4v) is 5.21. The van der Waals surface area contributed by atoms with E-state index in [4.69, 9.17) is 9.47 Å². The Labute approximate surface area is 194 Å². The Morgan fingerprint density at radius 1 is 1.12 bits per heavy atom. The van der Waals surface area contributed by atoms with Crippen molar-refractivity contribution < 1.29 is 27.5 Å². The summed E-state index contributed by atoms with van der Waals surface area (Å²) in [5, 5.41) is 5.05. The van der Waals surface area contributed by atoms with E-state index >= 15 is 0 Å². The topological polar surface area (TPSA) is 114 Å². The van der Waals surface area contributed by atoms with Gasteiger partial charge in [-0.3, -0.25) is 9.59 Å². The molecule has 2 aromatic rings. The summed E-state index contributed by atoms with van der Waals surface area (Å²) >= 11 is 0. The first-order valence-electron chi connectivity index (χ1n) is 10.7. The lowest BCUT2D eigenvalue weighted by Gasteiger charge is -2.34. The molecule has 1 aliphatic rings. The third kappa shape index (κ3) is 6.31. The highest BCUT2D eigenvalue weighted by molar-refractivity contribution is 7.89.